The molecule has 1 saturated carbocycles. The molecule has 11 nitrogen and oxygen atoms in total. The fourth-order valence-electron chi connectivity index (χ4n) is 7.44. The van der Waals surface area contributed by atoms with E-state index in [-0.39, 0.29) is 60.9 Å². The zero-order chi connectivity index (χ0) is 37.4. The van der Waals surface area contributed by atoms with E-state index in [0.717, 1.165) is 36.2 Å². The lowest BCUT2D eigenvalue weighted by Crippen LogP contribution is -2.60. The lowest BCUT2D eigenvalue weighted by Gasteiger charge is -2.45. The van der Waals surface area contributed by atoms with Crippen LogP contribution in [0.15, 0.2) is 41.3 Å². The molecule has 0 radical (unpaired) electrons. The summed E-state index contributed by atoms with van der Waals surface area (Å²) in [4.78, 5) is 18.3. The number of halogens is 2. The smallest absolute Gasteiger partial charge is 0.306 e. The summed E-state index contributed by atoms with van der Waals surface area (Å²) in [5.41, 5.74) is 0.472. The zero-order valence-corrected chi connectivity index (χ0v) is 31.9. The van der Waals surface area contributed by atoms with Crippen LogP contribution in [-0.2, 0) is 35.4 Å². The van der Waals surface area contributed by atoms with Gasteiger partial charge in [0.15, 0.2) is 11.4 Å². The molecule has 0 amide bonds. The molecular weight excluding hydrogens is 715 g/mol. The van der Waals surface area contributed by atoms with Crippen molar-refractivity contribution in [1.82, 2.24) is 14.6 Å². The largest absolute Gasteiger partial charge is 0.459 e. The molecule has 1 aromatic heterocycles. The molecule has 3 N–H and O–H groups in total. The summed E-state index contributed by atoms with van der Waals surface area (Å²) in [7, 11) is -4.13. The molecule has 286 valence electrons. The van der Waals surface area contributed by atoms with E-state index in [4.69, 9.17) is 14.2 Å². The Morgan fingerprint density at radius 1 is 1.12 bits per heavy atom. The number of nitrogens with one attached hydrogen (secondary N) is 2. The maximum atomic E-state index is 14.3. The highest BCUT2D eigenvalue weighted by Gasteiger charge is 2.53. The summed E-state index contributed by atoms with van der Waals surface area (Å²) < 4.78 is 76.7. The number of nitrogens with zero attached hydrogens (tertiary/aromatic N) is 2. The number of thiazole rings is 1. The van der Waals surface area contributed by atoms with Crippen molar-refractivity contribution >= 4 is 42.7 Å². The molecule has 0 bridgehead atoms. The number of sulfonamides is 1. The second-order valence-corrected chi connectivity index (χ2v) is 18.4. The van der Waals surface area contributed by atoms with Crippen LogP contribution in [0.3, 0.4) is 0 Å². The second-order valence-electron chi connectivity index (χ2n) is 15.4. The number of aromatic nitrogens is 1. The van der Waals surface area contributed by atoms with Gasteiger partial charge >= 0.3 is 5.97 Å². The van der Waals surface area contributed by atoms with E-state index in [1.54, 1.807) is 12.1 Å². The van der Waals surface area contributed by atoms with Crippen molar-refractivity contribution in [1.29, 1.82) is 0 Å². The van der Waals surface area contributed by atoms with Gasteiger partial charge in [-0.15, -0.1) is 0 Å². The van der Waals surface area contributed by atoms with Gasteiger partial charge in [0.05, 0.1) is 46.8 Å². The number of carbonyl (C=O) groups is 1. The van der Waals surface area contributed by atoms with E-state index in [0.29, 0.717) is 29.3 Å². The number of rotatable bonds is 16. The topological polar surface area (TPSA) is 139 Å². The van der Waals surface area contributed by atoms with Crippen LogP contribution >= 0.6 is 11.3 Å². The van der Waals surface area contributed by atoms with Crippen LogP contribution in [0.2, 0.25) is 0 Å². The van der Waals surface area contributed by atoms with Crippen molar-refractivity contribution in [3.63, 3.8) is 0 Å². The van der Waals surface area contributed by atoms with E-state index >= 15 is 0 Å². The van der Waals surface area contributed by atoms with E-state index < -0.39 is 57.6 Å². The fourth-order valence-corrected chi connectivity index (χ4v) is 10.1. The highest BCUT2D eigenvalue weighted by molar-refractivity contribution is 7.89. The highest BCUT2D eigenvalue weighted by Crippen LogP contribution is 2.40. The second kappa shape index (κ2) is 15.9. The summed E-state index contributed by atoms with van der Waals surface area (Å²) in [6.07, 6.45) is -0.187. The van der Waals surface area contributed by atoms with Crippen molar-refractivity contribution < 1.29 is 41.3 Å². The van der Waals surface area contributed by atoms with Gasteiger partial charge in [0, 0.05) is 42.7 Å². The van der Waals surface area contributed by atoms with Gasteiger partial charge < -0.3 is 30.0 Å². The predicted octanol–water partition coefficient (Wildman–Crippen LogP) is 5.47. The van der Waals surface area contributed by atoms with Crippen LogP contribution in [0.4, 0.5) is 13.9 Å². The lowest BCUT2D eigenvalue weighted by molar-refractivity contribution is -0.181. The number of benzene rings is 2. The van der Waals surface area contributed by atoms with Gasteiger partial charge in [-0.1, -0.05) is 39.0 Å². The van der Waals surface area contributed by atoms with Crippen molar-refractivity contribution in [3.05, 3.63) is 53.6 Å². The van der Waals surface area contributed by atoms with Gasteiger partial charge in [-0.3, -0.25) is 4.79 Å². The average Bonchev–Trinajstić information content (AvgIpc) is 3.61. The third-order valence-electron chi connectivity index (χ3n) is 9.91. The molecular formula is C37H50F2N4O7S2. The number of hydrogen-bond acceptors (Lipinski definition) is 11. The number of fused-ring (bicyclic) bond motifs is 2. The normalized spacial score (nSPS) is 24.8. The number of aliphatic hydroxyl groups is 1. The maximum Gasteiger partial charge on any atom is 0.306 e. The monoisotopic (exact) mass is 764 g/mol. The quantitative estimate of drug-likeness (QED) is 0.161. The fraction of sp³-hybridized carbons (Fsp3) is 0.622. The minimum Gasteiger partial charge on any atom is -0.459 e. The minimum atomic E-state index is -4.13. The summed E-state index contributed by atoms with van der Waals surface area (Å²) in [6.45, 7) is 10.2. The Hall–Kier alpha value is -2.79. The Bertz CT molecular complexity index is 1820. The molecule has 6 atom stereocenters. The summed E-state index contributed by atoms with van der Waals surface area (Å²) in [6, 6.07) is 8.37. The molecule has 3 aliphatic rings. The van der Waals surface area contributed by atoms with Gasteiger partial charge in [0.1, 0.15) is 17.7 Å². The first kappa shape index (κ1) is 38.9. The zero-order valence-electron chi connectivity index (χ0n) is 30.3. The van der Waals surface area contributed by atoms with Crippen molar-refractivity contribution in [2.24, 2.45) is 17.8 Å². The summed E-state index contributed by atoms with van der Waals surface area (Å²) in [5.74, 6) is -3.58. The Morgan fingerprint density at radius 3 is 2.52 bits per heavy atom. The Balaban J connectivity index is 1.23. The molecule has 2 aromatic carbocycles. The van der Waals surface area contributed by atoms with Crippen LogP contribution in [0.1, 0.15) is 65.9 Å². The molecule has 0 unspecified atom stereocenters. The van der Waals surface area contributed by atoms with Crippen LogP contribution in [0, 0.1) is 29.4 Å². The molecule has 0 spiro atoms. The first-order valence-corrected chi connectivity index (χ1v) is 20.4. The van der Waals surface area contributed by atoms with E-state index in [2.05, 4.69) is 22.5 Å². The molecule has 3 aromatic rings. The van der Waals surface area contributed by atoms with Gasteiger partial charge in [0.2, 0.25) is 10.0 Å². The minimum absolute atomic E-state index is 0.0566. The third-order valence-corrected chi connectivity index (χ3v) is 12.7. The maximum absolute atomic E-state index is 14.3. The van der Waals surface area contributed by atoms with E-state index in [1.165, 1.54) is 21.7 Å². The standard InChI is InChI=1S/C37H50F2N4O7S2/c1-21(2)18-43(52(46,47)28-8-9-29-32(17-28)51-36(41-29)40-27-6-7-27)19-30(44)24(12-23-13-25(38)16-26(39)14-23)15-33(45)50-31-20-49-35-34(31)37(5,10-11-48-35)42-22(3)4/h8-9,13-14,16-17,21-22,24,27,30-31,34-35,42,44H,6-7,10-12,15,18-20H2,1-5H3,(H,40,41)/t24-,30-,31-,34-,35+,37-/m1/s1. The first-order valence-electron chi connectivity index (χ1n) is 18.1. The number of aliphatic hydroxyl groups excluding tert-OH is 1. The van der Waals surface area contributed by atoms with Crippen LogP contribution < -0.4 is 10.6 Å². The molecule has 2 aliphatic heterocycles. The van der Waals surface area contributed by atoms with Crippen molar-refractivity contribution in [2.45, 2.75) is 108 Å². The van der Waals surface area contributed by atoms with E-state index in [1.807, 2.05) is 27.7 Å². The van der Waals surface area contributed by atoms with Crippen molar-refractivity contribution in [3.8, 4) is 0 Å². The molecule has 52 heavy (non-hydrogen) atoms. The number of carbonyl (C=O) groups excluding carboxylic acids is 1. The van der Waals surface area contributed by atoms with Gasteiger partial charge in [-0.2, -0.15) is 4.31 Å². The average molecular weight is 765 g/mol. The Morgan fingerprint density at radius 2 is 1.85 bits per heavy atom. The predicted molar refractivity (Wildman–Crippen MR) is 194 cm³/mol. The molecule has 6 rings (SSSR count). The Kier molecular flexibility index (Phi) is 11.9. The van der Waals surface area contributed by atoms with Crippen LogP contribution in [0.5, 0.6) is 0 Å². The summed E-state index contributed by atoms with van der Waals surface area (Å²) >= 11 is 1.38. The Labute approximate surface area is 308 Å². The molecule has 3 fully saturated rings. The highest BCUT2D eigenvalue weighted by atomic mass is 32.2. The number of ether oxygens (including phenoxy) is 3. The van der Waals surface area contributed by atoms with Gasteiger partial charge in [-0.25, -0.2) is 22.2 Å². The lowest BCUT2D eigenvalue weighted by atomic mass is 9.78. The molecule has 1 aliphatic carbocycles. The number of hydrogen-bond donors (Lipinski definition) is 3. The molecule has 15 heteroatoms. The molecule has 2 saturated heterocycles. The van der Waals surface area contributed by atoms with E-state index in [9.17, 15) is 27.1 Å². The summed E-state index contributed by atoms with van der Waals surface area (Å²) in [5, 5.41) is 19.5. The molecule has 3 heterocycles. The SMILES string of the molecule is CC(C)CN(C[C@@H](O)[C@@H](CC(=O)O[C@@H]1CO[C@@H]2OCC[C@@](C)(NC(C)C)[C@@H]21)Cc1cc(F)cc(F)c1)S(=O)(=O)c1ccc2nc(NC3CC3)sc2c1. The number of esters is 1. The van der Waals surface area contributed by atoms with Crippen LogP contribution in [0.25, 0.3) is 10.2 Å². The first-order chi connectivity index (χ1) is 24.6. The van der Waals surface area contributed by atoms with Gasteiger partial charge in [-0.05, 0) is 74.4 Å². The number of anilines is 1. The third kappa shape index (κ3) is 9.28. The van der Waals surface area contributed by atoms with Gasteiger partial charge in [0.25, 0.3) is 0 Å². The van der Waals surface area contributed by atoms with Crippen LogP contribution in [-0.4, -0.2) is 91.2 Å². The van der Waals surface area contributed by atoms with Crippen molar-refractivity contribution in [2.75, 3.05) is 31.6 Å².